The first-order valence-electron chi connectivity index (χ1n) is 5.94. The topological polar surface area (TPSA) is 55.5 Å². The predicted molar refractivity (Wildman–Crippen MR) is 74.0 cm³/mol. The number of aliphatic hydroxyl groups is 1. The van der Waals surface area contributed by atoms with Crippen molar-refractivity contribution in [2.75, 3.05) is 13.2 Å². The lowest BCUT2D eigenvalue weighted by atomic mass is 10.1. The minimum absolute atomic E-state index is 0.118. The lowest BCUT2D eigenvalue weighted by Gasteiger charge is -2.18. The normalized spacial score (nSPS) is 12.3. The minimum Gasteiger partial charge on any atom is -0.483 e. The molecule has 1 heterocycles. The molecule has 0 amide bonds. The average molecular weight is 263 g/mol. The Kier molecular flexibility index (Phi) is 4.75. The van der Waals surface area contributed by atoms with Crippen LogP contribution in [0.1, 0.15) is 16.5 Å². The van der Waals surface area contributed by atoms with E-state index in [1.807, 2.05) is 41.8 Å². The summed E-state index contributed by atoms with van der Waals surface area (Å²) < 4.78 is 5.97. The Hall–Kier alpha value is -1.36. The summed E-state index contributed by atoms with van der Waals surface area (Å²) in [7, 11) is 0. The number of hydrogen-bond acceptors (Lipinski definition) is 4. The molecule has 0 spiro atoms. The Morgan fingerprint density at radius 1 is 1.22 bits per heavy atom. The summed E-state index contributed by atoms with van der Waals surface area (Å²) in [6.45, 7) is 0.556. The summed E-state index contributed by atoms with van der Waals surface area (Å²) in [6.07, 6.45) is 0.475. The Morgan fingerprint density at radius 3 is 2.72 bits per heavy atom. The number of rotatable bonds is 6. The molecule has 0 radical (unpaired) electrons. The fourth-order valence-corrected chi connectivity index (χ4v) is 2.56. The first-order valence-corrected chi connectivity index (χ1v) is 6.82. The van der Waals surface area contributed by atoms with Crippen LogP contribution < -0.4 is 10.5 Å². The molecule has 1 unspecified atom stereocenters. The van der Waals surface area contributed by atoms with E-state index in [4.69, 9.17) is 15.6 Å². The maximum Gasteiger partial charge on any atom is 0.145 e. The van der Waals surface area contributed by atoms with Gasteiger partial charge in [0, 0.05) is 18.0 Å². The highest BCUT2D eigenvalue weighted by Gasteiger charge is 2.14. The van der Waals surface area contributed by atoms with Crippen LogP contribution in [0.25, 0.3) is 0 Å². The van der Waals surface area contributed by atoms with Gasteiger partial charge in [-0.25, -0.2) is 0 Å². The van der Waals surface area contributed by atoms with Crippen molar-refractivity contribution in [1.82, 2.24) is 0 Å². The number of ether oxygens (including phenoxy) is 1. The van der Waals surface area contributed by atoms with Gasteiger partial charge in [-0.3, -0.25) is 0 Å². The number of aliphatic hydroxyl groups excluding tert-OH is 1. The monoisotopic (exact) mass is 263 g/mol. The van der Waals surface area contributed by atoms with Crippen LogP contribution in [0.3, 0.4) is 0 Å². The van der Waals surface area contributed by atoms with Gasteiger partial charge in [0.1, 0.15) is 11.9 Å². The quantitative estimate of drug-likeness (QED) is 0.841. The van der Waals surface area contributed by atoms with Crippen LogP contribution in [-0.4, -0.2) is 18.3 Å². The van der Waals surface area contributed by atoms with Gasteiger partial charge < -0.3 is 15.6 Å². The highest BCUT2D eigenvalue weighted by molar-refractivity contribution is 7.10. The van der Waals surface area contributed by atoms with Crippen LogP contribution in [0, 0.1) is 0 Å². The molecule has 1 aromatic carbocycles. The maximum atomic E-state index is 9.04. The standard InChI is InChI=1S/C14H17NO2S/c15-10-13(14-6-3-9-18-14)17-12-5-2-1-4-11(12)7-8-16/h1-6,9,13,16H,7-8,10,15H2. The zero-order valence-corrected chi connectivity index (χ0v) is 10.9. The van der Waals surface area contributed by atoms with Crippen molar-refractivity contribution in [3.05, 3.63) is 52.2 Å². The van der Waals surface area contributed by atoms with E-state index >= 15 is 0 Å². The summed E-state index contributed by atoms with van der Waals surface area (Å²) in [4.78, 5) is 1.12. The lowest BCUT2D eigenvalue weighted by Crippen LogP contribution is -2.18. The van der Waals surface area contributed by atoms with Gasteiger partial charge in [-0.1, -0.05) is 24.3 Å². The van der Waals surface area contributed by atoms with Crippen LogP contribution >= 0.6 is 11.3 Å². The first-order chi connectivity index (χ1) is 8.85. The van der Waals surface area contributed by atoms with Crippen LogP contribution in [0.4, 0.5) is 0 Å². The van der Waals surface area contributed by atoms with Crippen molar-refractivity contribution in [2.24, 2.45) is 5.73 Å². The number of benzene rings is 1. The third kappa shape index (κ3) is 3.10. The van der Waals surface area contributed by atoms with E-state index in [1.165, 1.54) is 0 Å². The molecule has 0 saturated carbocycles. The maximum absolute atomic E-state index is 9.04. The molecule has 0 fully saturated rings. The summed E-state index contributed by atoms with van der Waals surface area (Å²) in [5.41, 5.74) is 6.78. The minimum atomic E-state index is -0.121. The Balaban J connectivity index is 2.17. The summed E-state index contributed by atoms with van der Waals surface area (Å²) >= 11 is 1.64. The van der Waals surface area contributed by atoms with Gasteiger partial charge in [0.2, 0.25) is 0 Å². The number of hydrogen-bond donors (Lipinski definition) is 2. The SMILES string of the molecule is NCC(Oc1ccccc1CCO)c1cccs1. The fraction of sp³-hybridized carbons (Fsp3) is 0.286. The number of para-hydroxylation sites is 1. The second-order valence-corrected chi connectivity index (χ2v) is 4.92. The fourth-order valence-electron chi connectivity index (χ4n) is 1.80. The van der Waals surface area contributed by atoms with E-state index in [0.717, 1.165) is 16.2 Å². The zero-order valence-electron chi connectivity index (χ0n) is 10.1. The average Bonchev–Trinajstić information content (AvgIpc) is 2.92. The molecule has 0 saturated heterocycles. The largest absolute Gasteiger partial charge is 0.483 e. The van der Waals surface area contributed by atoms with Crippen molar-refractivity contribution in [3.63, 3.8) is 0 Å². The van der Waals surface area contributed by atoms with Crippen LogP contribution in [0.15, 0.2) is 41.8 Å². The summed E-state index contributed by atoms with van der Waals surface area (Å²) in [6, 6.07) is 11.8. The number of thiophene rings is 1. The molecular formula is C14H17NO2S. The summed E-state index contributed by atoms with van der Waals surface area (Å²) in [5, 5.41) is 11.1. The molecule has 2 aromatic rings. The van der Waals surface area contributed by atoms with Crippen LogP contribution in [0.5, 0.6) is 5.75 Å². The van der Waals surface area contributed by atoms with Crippen molar-refractivity contribution < 1.29 is 9.84 Å². The van der Waals surface area contributed by atoms with E-state index in [-0.39, 0.29) is 12.7 Å². The Morgan fingerprint density at radius 2 is 2.06 bits per heavy atom. The molecule has 4 heteroatoms. The summed E-state index contributed by atoms with van der Waals surface area (Å²) in [5.74, 6) is 0.801. The number of nitrogens with two attached hydrogens (primary N) is 1. The molecule has 18 heavy (non-hydrogen) atoms. The molecular weight excluding hydrogens is 246 g/mol. The highest BCUT2D eigenvalue weighted by atomic mass is 32.1. The Bertz CT molecular complexity index is 470. The molecule has 3 N–H and O–H groups in total. The Labute approximate surface area is 111 Å². The third-order valence-corrected chi connectivity index (χ3v) is 3.66. The molecule has 0 aliphatic carbocycles. The second-order valence-electron chi connectivity index (χ2n) is 3.94. The molecule has 0 bridgehead atoms. The van der Waals surface area contributed by atoms with Gasteiger partial charge in [0.15, 0.2) is 0 Å². The third-order valence-electron chi connectivity index (χ3n) is 2.70. The van der Waals surface area contributed by atoms with E-state index < -0.39 is 0 Å². The molecule has 2 rings (SSSR count). The molecule has 0 aliphatic heterocycles. The highest BCUT2D eigenvalue weighted by Crippen LogP contribution is 2.27. The predicted octanol–water partition coefficient (Wildman–Crippen LogP) is 2.36. The van der Waals surface area contributed by atoms with Crippen molar-refractivity contribution in [1.29, 1.82) is 0 Å². The van der Waals surface area contributed by atoms with Gasteiger partial charge in [-0.2, -0.15) is 0 Å². The molecule has 0 aliphatic rings. The smallest absolute Gasteiger partial charge is 0.145 e. The van der Waals surface area contributed by atoms with Gasteiger partial charge >= 0.3 is 0 Å². The van der Waals surface area contributed by atoms with Gasteiger partial charge in [-0.15, -0.1) is 11.3 Å². The van der Waals surface area contributed by atoms with Crippen molar-refractivity contribution in [2.45, 2.75) is 12.5 Å². The van der Waals surface area contributed by atoms with Gasteiger partial charge in [0.05, 0.1) is 0 Å². The lowest BCUT2D eigenvalue weighted by molar-refractivity contribution is 0.213. The molecule has 1 atom stereocenters. The van der Waals surface area contributed by atoms with E-state index in [2.05, 4.69) is 0 Å². The van der Waals surface area contributed by atoms with Crippen LogP contribution in [-0.2, 0) is 6.42 Å². The van der Waals surface area contributed by atoms with Gasteiger partial charge in [-0.05, 0) is 29.5 Å². The molecule has 96 valence electrons. The van der Waals surface area contributed by atoms with Crippen molar-refractivity contribution in [3.8, 4) is 5.75 Å². The first kappa shape index (κ1) is 13.1. The van der Waals surface area contributed by atoms with E-state index in [1.54, 1.807) is 11.3 Å². The molecule has 3 nitrogen and oxygen atoms in total. The van der Waals surface area contributed by atoms with Crippen LogP contribution in [0.2, 0.25) is 0 Å². The zero-order chi connectivity index (χ0) is 12.8. The second kappa shape index (κ2) is 6.54. The van der Waals surface area contributed by atoms with Gasteiger partial charge in [0.25, 0.3) is 0 Å². The van der Waals surface area contributed by atoms with E-state index in [9.17, 15) is 0 Å². The van der Waals surface area contributed by atoms with E-state index in [0.29, 0.717) is 13.0 Å². The molecule has 1 aromatic heterocycles. The van der Waals surface area contributed by atoms with Crippen molar-refractivity contribution >= 4 is 11.3 Å².